The van der Waals surface area contributed by atoms with Crippen LogP contribution in [-0.4, -0.2) is 11.9 Å². The highest BCUT2D eigenvalue weighted by Crippen LogP contribution is 2.11. The molecule has 0 spiro atoms. The van der Waals surface area contributed by atoms with Gasteiger partial charge in [-0.3, -0.25) is 15.5 Å². The van der Waals surface area contributed by atoms with E-state index in [-0.39, 0.29) is 5.96 Å². The van der Waals surface area contributed by atoms with Crippen molar-refractivity contribution in [2.24, 2.45) is 5.73 Å². The number of hydrogen-bond donors (Lipinski definition) is 3. The van der Waals surface area contributed by atoms with Crippen molar-refractivity contribution in [2.75, 3.05) is 0 Å². The second-order valence-electron chi connectivity index (χ2n) is 2.79. The van der Waals surface area contributed by atoms with Crippen LogP contribution in [0.25, 0.3) is 6.08 Å². The van der Waals surface area contributed by atoms with Crippen LogP contribution in [0.4, 0.5) is 0 Å². The molecule has 0 aliphatic rings. The summed E-state index contributed by atoms with van der Waals surface area (Å²) in [6.07, 6.45) is 2.97. The maximum absolute atomic E-state index is 11.1. The third-order valence-corrected chi connectivity index (χ3v) is 2.08. The minimum absolute atomic E-state index is 0.361. The molecule has 0 atom stereocenters. The Morgan fingerprint density at radius 3 is 2.53 bits per heavy atom. The van der Waals surface area contributed by atoms with Crippen molar-refractivity contribution in [3.63, 3.8) is 0 Å². The highest BCUT2D eigenvalue weighted by molar-refractivity contribution is 9.10. The molecule has 4 nitrogen and oxygen atoms in total. The van der Waals surface area contributed by atoms with Gasteiger partial charge in [-0.15, -0.1) is 0 Å². The number of carbonyl (C=O) groups is 1. The Morgan fingerprint density at radius 2 is 2.00 bits per heavy atom. The fourth-order valence-electron chi connectivity index (χ4n) is 0.920. The van der Waals surface area contributed by atoms with Crippen molar-refractivity contribution < 1.29 is 4.79 Å². The van der Waals surface area contributed by atoms with Gasteiger partial charge in [-0.1, -0.05) is 28.1 Å². The van der Waals surface area contributed by atoms with Gasteiger partial charge < -0.3 is 5.73 Å². The fraction of sp³-hybridized carbons (Fsp3) is 0. The standard InChI is InChI=1S/C10H10BrN3O/c11-8-4-1-7(2-5-8)3-6-9(15)14-10(12)13/h1-6H,(H4,12,13,14,15). The lowest BCUT2D eigenvalue weighted by atomic mass is 10.2. The van der Waals surface area contributed by atoms with Crippen molar-refractivity contribution >= 4 is 33.9 Å². The number of hydrogen-bond acceptors (Lipinski definition) is 2. The van der Waals surface area contributed by atoms with Crippen molar-refractivity contribution in [3.05, 3.63) is 40.4 Å². The zero-order valence-corrected chi connectivity index (χ0v) is 9.41. The first-order valence-electron chi connectivity index (χ1n) is 4.16. The Labute approximate surface area is 95.8 Å². The average molecular weight is 268 g/mol. The SMILES string of the molecule is N=C(N)NC(=O)C=Cc1ccc(Br)cc1. The van der Waals surface area contributed by atoms with E-state index in [1.165, 1.54) is 6.08 Å². The van der Waals surface area contributed by atoms with Crippen molar-refractivity contribution in [3.8, 4) is 0 Å². The van der Waals surface area contributed by atoms with Gasteiger partial charge >= 0.3 is 0 Å². The van der Waals surface area contributed by atoms with E-state index >= 15 is 0 Å². The van der Waals surface area contributed by atoms with Crippen LogP contribution in [0.2, 0.25) is 0 Å². The Kier molecular flexibility index (Phi) is 4.05. The minimum atomic E-state index is -0.412. The summed E-state index contributed by atoms with van der Waals surface area (Å²) in [6.45, 7) is 0. The zero-order chi connectivity index (χ0) is 11.3. The van der Waals surface area contributed by atoms with Gasteiger partial charge in [-0.05, 0) is 23.8 Å². The first-order chi connectivity index (χ1) is 7.08. The van der Waals surface area contributed by atoms with Crippen molar-refractivity contribution in [1.82, 2.24) is 5.32 Å². The maximum atomic E-state index is 11.1. The molecule has 78 valence electrons. The Bertz CT molecular complexity index is 398. The van der Waals surface area contributed by atoms with Crippen LogP contribution in [-0.2, 0) is 4.79 Å². The molecule has 0 aliphatic heterocycles. The second-order valence-corrected chi connectivity index (χ2v) is 3.70. The van der Waals surface area contributed by atoms with E-state index in [4.69, 9.17) is 11.1 Å². The zero-order valence-electron chi connectivity index (χ0n) is 7.83. The lowest BCUT2D eigenvalue weighted by molar-refractivity contribution is -0.115. The smallest absolute Gasteiger partial charge is 0.250 e. The monoisotopic (exact) mass is 267 g/mol. The topological polar surface area (TPSA) is 79.0 Å². The number of rotatable bonds is 2. The molecule has 0 fully saturated rings. The summed E-state index contributed by atoms with van der Waals surface area (Å²) >= 11 is 3.31. The molecule has 15 heavy (non-hydrogen) atoms. The molecule has 0 saturated carbocycles. The number of halogens is 1. The van der Waals surface area contributed by atoms with Gasteiger partial charge in [-0.25, -0.2) is 0 Å². The summed E-state index contributed by atoms with van der Waals surface area (Å²) < 4.78 is 0.979. The molecule has 5 heteroatoms. The van der Waals surface area contributed by atoms with Crippen molar-refractivity contribution in [1.29, 1.82) is 5.41 Å². The minimum Gasteiger partial charge on any atom is -0.370 e. The van der Waals surface area contributed by atoms with Gasteiger partial charge in [0.2, 0.25) is 0 Å². The van der Waals surface area contributed by atoms with Gasteiger partial charge in [0, 0.05) is 10.5 Å². The summed E-state index contributed by atoms with van der Waals surface area (Å²) in [5, 5.41) is 8.99. The van der Waals surface area contributed by atoms with Crippen LogP contribution < -0.4 is 11.1 Å². The molecule has 1 aromatic carbocycles. The molecule has 4 N–H and O–H groups in total. The van der Waals surface area contributed by atoms with Crippen LogP contribution in [0, 0.1) is 5.41 Å². The first-order valence-corrected chi connectivity index (χ1v) is 4.96. The molecule has 0 radical (unpaired) electrons. The number of nitrogens with two attached hydrogens (primary N) is 1. The molecular formula is C10H10BrN3O. The van der Waals surface area contributed by atoms with Crippen molar-refractivity contribution in [2.45, 2.75) is 0 Å². The Hall–Kier alpha value is -1.62. The van der Waals surface area contributed by atoms with E-state index in [1.807, 2.05) is 24.3 Å². The summed E-state index contributed by atoms with van der Waals surface area (Å²) in [7, 11) is 0. The molecule has 0 aliphatic carbocycles. The fourth-order valence-corrected chi connectivity index (χ4v) is 1.18. The molecule has 0 unspecified atom stereocenters. The van der Waals surface area contributed by atoms with E-state index in [0.717, 1.165) is 10.0 Å². The number of benzene rings is 1. The molecule has 0 bridgehead atoms. The van der Waals surface area contributed by atoms with E-state index in [9.17, 15) is 4.79 Å². The predicted molar refractivity (Wildman–Crippen MR) is 63.2 cm³/mol. The van der Waals surface area contributed by atoms with E-state index in [1.54, 1.807) is 6.08 Å². The normalized spacial score (nSPS) is 10.2. The Balaban J connectivity index is 2.61. The maximum Gasteiger partial charge on any atom is 0.250 e. The molecule has 0 saturated heterocycles. The van der Waals surface area contributed by atoms with Gasteiger partial charge in [0.15, 0.2) is 5.96 Å². The van der Waals surface area contributed by atoms with Crippen LogP contribution in [0.5, 0.6) is 0 Å². The lowest BCUT2D eigenvalue weighted by Gasteiger charge is -1.96. The third-order valence-electron chi connectivity index (χ3n) is 1.56. The summed E-state index contributed by atoms with van der Waals surface area (Å²) in [6, 6.07) is 7.48. The molecular weight excluding hydrogens is 258 g/mol. The van der Waals surface area contributed by atoms with E-state index in [0.29, 0.717) is 0 Å². The first kappa shape index (κ1) is 11.5. The molecule has 1 amide bonds. The highest BCUT2D eigenvalue weighted by atomic mass is 79.9. The molecule has 0 heterocycles. The number of nitrogens with one attached hydrogen (secondary N) is 2. The van der Waals surface area contributed by atoms with Crippen LogP contribution in [0.15, 0.2) is 34.8 Å². The summed E-state index contributed by atoms with van der Waals surface area (Å²) in [5.41, 5.74) is 5.89. The Morgan fingerprint density at radius 1 is 1.40 bits per heavy atom. The average Bonchev–Trinajstić information content (AvgIpc) is 2.16. The van der Waals surface area contributed by atoms with Gasteiger partial charge in [0.25, 0.3) is 5.91 Å². The lowest BCUT2D eigenvalue weighted by Crippen LogP contribution is -2.34. The molecule has 1 aromatic rings. The van der Waals surface area contributed by atoms with Gasteiger partial charge in [-0.2, -0.15) is 0 Å². The summed E-state index contributed by atoms with van der Waals surface area (Å²) in [4.78, 5) is 11.1. The second kappa shape index (κ2) is 5.31. The summed E-state index contributed by atoms with van der Waals surface area (Å²) in [5.74, 6) is -0.772. The number of guanidine groups is 1. The largest absolute Gasteiger partial charge is 0.370 e. The quantitative estimate of drug-likeness (QED) is 0.431. The number of carbonyl (C=O) groups excluding carboxylic acids is 1. The van der Waals surface area contributed by atoms with Gasteiger partial charge in [0.05, 0.1) is 0 Å². The molecule has 1 rings (SSSR count). The van der Waals surface area contributed by atoms with Crippen LogP contribution in [0.1, 0.15) is 5.56 Å². The third kappa shape index (κ3) is 4.42. The van der Waals surface area contributed by atoms with Crippen LogP contribution >= 0.6 is 15.9 Å². The van der Waals surface area contributed by atoms with E-state index in [2.05, 4.69) is 21.2 Å². The highest BCUT2D eigenvalue weighted by Gasteiger charge is 1.95. The van der Waals surface area contributed by atoms with E-state index < -0.39 is 5.91 Å². The number of amides is 1. The predicted octanol–water partition coefficient (Wildman–Crippen LogP) is 1.47. The van der Waals surface area contributed by atoms with Gasteiger partial charge in [0.1, 0.15) is 0 Å². The van der Waals surface area contributed by atoms with Crippen LogP contribution in [0.3, 0.4) is 0 Å². The molecule has 0 aromatic heterocycles.